The molecule has 246 valence electrons. The second-order valence-electron chi connectivity index (χ2n) is 10.7. The molecular formula is C30H28N5NaO11S. The first-order valence-electron chi connectivity index (χ1n) is 14.2. The fourth-order valence-corrected chi connectivity index (χ4v) is 6.59. The largest absolute Gasteiger partial charge is 1.00 e. The number of phenolic OH excluding ortho intramolecular Hbond substituents is 2. The third-order valence-corrected chi connectivity index (χ3v) is 8.96. The van der Waals surface area contributed by atoms with Gasteiger partial charge in [0.1, 0.15) is 24.1 Å². The van der Waals surface area contributed by atoms with Crippen molar-refractivity contribution < 1.29 is 83.2 Å². The predicted molar refractivity (Wildman–Crippen MR) is 158 cm³/mol. The summed E-state index contributed by atoms with van der Waals surface area (Å²) >= 11 is 1.14. The molecule has 0 aromatic heterocycles. The molecule has 6 amide bonds. The van der Waals surface area contributed by atoms with Gasteiger partial charge in [0.2, 0.25) is 5.91 Å². The molecule has 2 fully saturated rings. The van der Waals surface area contributed by atoms with E-state index in [1.165, 1.54) is 35.2 Å². The second kappa shape index (κ2) is 15.1. The van der Waals surface area contributed by atoms with Crippen LogP contribution in [0.25, 0.3) is 0 Å². The summed E-state index contributed by atoms with van der Waals surface area (Å²) in [6, 6.07) is 8.24. The van der Waals surface area contributed by atoms with Crippen molar-refractivity contribution in [1.82, 2.24) is 25.3 Å². The molecule has 3 heterocycles. The zero-order valence-corrected chi connectivity index (χ0v) is 28.5. The second-order valence-corrected chi connectivity index (χ2v) is 11.8. The average Bonchev–Trinajstić information content (AvgIpc) is 3.04. The maximum absolute atomic E-state index is 13.6. The number of benzene rings is 2. The van der Waals surface area contributed by atoms with Crippen LogP contribution in [-0.2, 0) is 40.0 Å². The number of β-lactam (4-membered cyclic amide) rings is 1. The third kappa shape index (κ3) is 7.43. The number of carbonyl (C=O) groups excluding carboxylic acids is 7. The van der Waals surface area contributed by atoms with E-state index in [2.05, 4.69) is 10.6 Å². The van der Waals surface area contributed by atoms with Crippen molar-refractivity contribution in [3.8, 4) is 11.5 Å². The number of aliphatic carboxylic acids is 1. The summed E-state index contributed by atoms with van der Waals surface area (Å²) in [4.78, 5) is 91.7. The summed E-state index contributed by atoms with van der Waals surface area (Å²) < 4.78 is 4.90. The van der Waals surface area contributed by atoms with Gasteiger partial charge in [0.05, 0.1) is 11.7 Å². The van der Waals surface area contributed by atoms with Crippen molar-refractivity contribution >= 4 is 53.4 Å². The number of thioether (sulfide) groups is 1. The summed E-state index contributed by atoms with van der Waals surface area (Å²) in [5, 5.41) is 35.3. The SMILES string of the molecule is CC(=O)OCC1=C(C(=O)[O-])N2C(=O)[C@@H](NC(=O)[C@H](NC(=O)N3CCN(Cc4ccc(O)c(O)c4)C(=O)C3=O)c3ccccc3)[C@H]2SC1.[Na+]. The zero-order valence-electron chi connectivity index (χ0n) is 25.7. The molecule has 4 N–H and O–H groups in total. The van der Waals surface area contributed by atoms with Gasteiger partial charge in [-0.3, -0.25) is 33.8 Å². The Morgan fingerprint density at radius 2 is 1.73 bits per heavy atom. The molecule has 2 aromatic carbocycles. The minimum atomic E-state index is -1.65. The molecule has 0 saturated carbocycles. The molecule has 2 aromatic rings. The van der Waals surface area contributed by atoms with E-state index in [9.17, 15) is 48.9 Å². The van der Waals surface area contributed by atoms with Crippen molar-refractivity contribution in [3.63, 3.8) is 0 Å². The maximum Gasteiger partial charge on any atom is 1.00 e. The number of imide groups is 1. The fraction of sp³-hybridized carbons (Fsp3) is 0.300. The van der Waals surface area contributed by atoms with Crippen molar-refractivity contribution in [2.45, 2.75) is 30.9 Å². The van der Waals surface area contributed by atoms with Crippen LogP contribution in [0.5, 0.6) is 11.5 Å². The number of hydrogen-bond acceptors (Lipinski definition) is 12. The van der Waals surface area contributed by atoms with Gasteiger partial charge in [-0.05, 0) is 23.3 Å². The number of fused-ring (bicyclic) bond motifs is 1. The molecule has 3 aliphatic heterocycles. The van der Waals surface area contributed by atoms with Gasteiger partial charge in [-0.2, -0.15) is 0 Å². The molecule has 0 bridgehead atoms. The van der Waals surface area contributed by atoms with Crippen molar-refractivity contribution in [1.29, 1.82) is 0 Å². The first kappa shape index (κ1) is 36.3. The summed E-state index contributed by atoms with van der Waals surface area (Å²) in [5.74, 6) is -6.71. The average molecular weight is 690 g/mol. The number of carboxylic acid groups (broad SMARTS) is 1. The summed E-state index contributed by atoms with van der Waals surface area (Å²) in [7, 11) is 0. The Bertz CT molecular complexity index is 1700. The normalized spacial score (nSPS) is 19.4. The Kier molecular flexibility index (Phi) is 11.4. The number of nitrogens with zero attached hydrogens (tertiary/aromatic N) is 3. The van der Waals surface area contributed by atoms with Gasteiger partial charge >= 0.3 is 53.4 Å². The fourth-order valence-electron chi connectivity index (χ4n) is 5.26. The first-order chi connectivity index (χ1) is 22.4. The van der Waals surface area contributed by atoms with Crippen LogP contribution in [0.15, 0.2) is 59.8 Å². The van der Waals surface area contributed by atoms with E-state index in [1.807, 2.05) is 0 Å². The van der Waals surface area contributed by atoms with Gasteiger partial charge in [0, 0.05) is 37.9 Å². The Balaban J connectivity index is 0.00000520. The van der Waals surface area contributed by atoms with Gasteiger partial charge < -0.3 is 40.4 Å². The maximum atomic E-state index is 13.6. The Morgan fingerprint density at radius 1 is 1.02 bits per heavy atom. The molecule has 18 heteroatoms. The van der Waals surface area contributed by atoms with E-state index in [0.717, 1.165) is 23.6 Å². The number of carboxylic acids is 1. The van der Waals surface area contributed by atoms with Crippen LogP contribution in [0, 0.1) is 0 Å². The number of rotatable bonds is 9. The van der Waals surface area contributed by atoms with E-state index in [-0.39, 0.29) is 72.9 Å². The van der Waals surface area contributed by atoms with Gasteiger partial charge in [0.25, 0.3) is 5.91 Å². The number of aromatic hydroxyl groups is 2. The van der Waals surface area contributed by atoms with Crippen molar-refractivity contribution in [2.75, 3.05) is 25.4 Å². The van der Waals surface area contributed by atoms with Gasteiger partial charge in [-0.1, -0.05) is 36.4 Å². The van der Waals surface area contributed by atoms with Crippen LogP contribution in [0.3, 0.4) is 0 Å². The number of amides is 6. The molecule has 3 atom stereocenters. The van der Waals surface area contributed by atoms with Gasteiger partial charge in [-0.25, -0.2) is 4.79 Å². The molecule has 0 aliphatic carbocycles. The van der Waals surface area contributed by atoms with Crippen LogP contribution in [0.2, 0.25) is 0 Å². The Morgan fingerprint density at radius 3 is 2.38 bits per heavy atom. The number of piperazine rings is 1. The van der Waals surface area contributed by atoms with E-state index in [4.69, 9.17) is 4.74 Å². The third-order valence-electron chi connectivity index (χ3n) is 7.62. The van der Waals surface area contributed by atoms with Crippen molar-refractivity contribution in [3.05, 3.63) is 70.9 Å². The van der Waals surface area contributed by atoms with E-state index in [0.29, 0.717) is 16.0 Å². The summed E-state index contributed by atoms with van der Waals surface area (Å²) in [6.07, 6.45) is 0. The van der Waals surface area contributed by atoms with E-state index < -0.39 is 70.5 Å². The standard InChI is InChI=1S/C30H29N5O11S.Na/c1-15(36)46-13-18-14-47-28-22(25(40)35(28)23(18)29(43)44)31-24(39)21(17-5-3-2-4-6-17)32-30(45)34-10-9-33(26(41)27(34)42)12-16-7-8-19(37)20(38)11-16;/h2-8,11,21-22,28,37-38H,9-10,12-14H2,1H3,(H,31,39)(H,32,45)(H,43,44);/q;+1/p-1/t21-,22-,28-;/m1./s1. The monoisotopic (exact) mass is 689 g/mol. The van der Waals surface area contributed by atoms with Crippen LogP contribution in [0.4, 0.5) is 4.79 Å². The van der Waals surface area contributed by atoms with E-state index >= 15 is 0 Å². The smallest absolute Gasteiger partial charge is 0.543 e. The van der Waals surface area contributed by atoms with Crippen LogP contribution in [0.1, 0.15) is 24.1 Å². The minimum Gasteiger partial charge on any atom is -0.543 e. The van der Waals surface area contributed by atoms with Gasteiger partial charge in [0.15, 0.2) is 11.5 Å². The Labute approximate surface area is 299 Å². The predicted octanol–water partition coefficient (Wildman–Crippen LogP) is -4.31. The molecule has 5 rings (SSSR count). The molecule has 3 aliphatic rings. The number of carbonyl (C=O) groups is 7. The molecule has 0 radical (unpaired) electrons. The molecule has 0 spiro atoms. The molecule has 16 nitrogen and oxygen atoms in total. The topological polar surface area (TPSA) is 226 Å². The van der Waals surface area contributed by atoms with Crippen molar-refractivity contribution in [2.24, 2.45) is 0 Å². The quantitative estimate of drug-likeness (QED) is 0.0645. The number of nitrogens with one attached hydrogen (secondary N) is 2. The van der Waals surface area contributed by atoms with Crippen LogP contribution >= 0.6 is 11.8 Å². The van der Waals surface area contributed by atoms with Crippen LogP contribution < -0.4 is 45.3 Å². The number of hydrogen-bond donors (Lipinski definition) is 4. The summed E-state index contributed by atoms with van der Waals surface area (Å²) in [5.41, 5.74) is 0.447. The number of phenols is 2. The first-order valence-corrected chi connectivity index (χ1v) is 15.2. The number of urea groups is 1. The van der Waals surface area contributed by atoms with E-state index in [1.54, 1.807) is 18.2 Å². The molecule has 2 saturated heterocycles. The number of esters is 1. The molecular weight excluding hydrogens is 661 g/mol. The number of ether oxygens (including phenoxy) is 1. The van der Waals surface area contributed by atoms with Crippen LogP contribution in [-0.4, -0.2) is 103 Å². The Hall–Kier alpha value is -4.58. The minimum absolute atomic E-state index is 0. The van der Waals surface area contributed by atoms with Gasteiger partial charge in [-0.15, -0.1) is 11.8 Å². The molecule has 48 heavy (non-hydrogen) atoms. The summed E-state index contributed by atoms with van der Waals surface area (Å²) in [6.45, 7) is 0.458. The zero-order chi connectivity index (χ0) is 34.0. The molecule has 0 unspecified atom stereocenters.